The molecule has 0 N–H and O–H groups in total. The average Bonchev–Trinajstić information content (AvgIpc) is 3.12. The first kappa shape index (κ1) is 19.4. The van der Waals surface area contributed by atoms with Gasteiger partial charge in [0.2, 0.25) is 0 Å². The molecule has 1 unspecified atom stereocenters. The molecule has 3 aromatic carbocycles. The highest BCUT2D eigenvalue weighted by atomic mass is 31.2. The smallest absolute Gasteiger partial charge is 0.270 e. The van der Waals surface area contributed by atoms with E-state index in [-0.39, 0.29) is 12.2 Å². The lowest BCUT2D eigenvalue weighted by atomic mass is 10.1. The van der Waals surface area contributed by atoms with Gasteiger partial charge in [-0.15, -0.1) is 0 Å². The van der Waals surface area contributed by atoms with Gasteiger partial charge < -0.3 is 14.1 Å². The van der Waals surface area contributed by atoms with Crippen molar-refractivity contribution in [3.8, 4) is 0 Å². The normalized spacial score (nSPS) is 16.6. The van der Waals surface area contributed by atoms with Crippen molar-refractivity contribution in [1.82, 2.24) is 0 Å². The van der Waals surface area contributed by atoms with Crippen LogP contribution in [0.4, 0.5) is 15.8 Å². The van der Waals surface area contributed by atoms with Crippen molar-refractivity contribution in [3.63, 3.8) is 0 Å². The largest absolute Gasteiger partial charge is 0.305 e. The van der Waals surface area contributed by atoms with E-state index in [1.807, 2.05) is 70.0 Å². The number of halogens is 1. The second-order valence-corrected chi connectivity index (χ2v) is 9.74. The molecule has 0 aromatic heterocycles. The molecule has 1 aliphatic rings. The van der Waals surface area contributed by atoms with Gasteiger partial charge in [0.15, 0.2) is 0 Å². The Balaban J connectivity index is 1.87. The maximum absolute atomic E-state index is 14.9. The second kappa shape index (κ2) is 8.22. The van der Waals surface area contributed by atoms with E-state index in [2.05, 4.69) is 0 Å². The number of hydrogen-bond donors (Lipinski definition) is 0. The lowest BCUT2D eigenvalue weighted by Gasteiger charge is -2.37. The Morgan fingerprint density at radius 3 is 1.76 bits per heavy atom. The molecule has 3 aromatic rings. The molecular weight excluding hydrogens is 386 g/mol. The number of carbonyl (C=O) groups excluding carboxylic acids is 1. The molecule has 4 rings (SSSR count). The van der Waals surface area contributed by atoms with Crippen molar-refractivity contribution in [2.45, 2.75) is 12.1 Å². The van der Waals surface area contributed by atoms with Crippen molar-refractivity contribution in [3.05, 3.63) is 96.3 Å². The van der Waals surface area contributed by atoms with E-state index >= 15 is 0 Å². The maximum atomic E-state index is 14.9. The number of para-hydroxylation sites is 2. The van der Waals surface area contributed by atoms with Crippen molar-refractivity contribution in [2.75, 3.05) is 22.4 Å². The molecule has 6 heteroatoms. The molecule has 29 heavy (non-hydrogen) atoms. The van der Waals surface area contributed by atoms with Crippen LogP contribution < -0.4 is 9.34 Å². The van der Waals surface area contributed by atoms with Crippen molar-refractivity contribution >= 4 is 25.1 Å². The van der Waals surface area contributed by atoms with E-state index in [4.69, 9.17) is 0 Å². The van der Waals surface area contributed by atoms with Crippen molar-refractivity contribution in [1.29, 1.82) is 0 Å². The Kier molecular flexibility index (Phi) is 5.50. The summed E-state index contributed by atoms with van der Waals surface area (Å²) in [6, 6.07) is 25.2. The van der Waals surface area contributed by atoms with Gasteiger partial charge in [0.05, 0.1) is 5.66 Å². The Morgan fingerprint density at radius 2 is 1.31 bits per heavy atom. The van der Waals surface area contributed by atoms with Crippen LogP contribution in [0.5, 0.6) is 0 Å². The standard InChI is InChI=1S/C23H22FN2O2P/c24-20-13-11-19(12-14-20)23(15-18-27)29(28)25(21-7-3-1-4-8-21)16-17-26(29)22-9-5-2-6-10-22/h1-14,18,23H,15-17H2. The molecule has 0 radical (unpaired) electrons. The van der Waals surface area contributed by atoms with Crippen LogP contribution in [0, 0.1) is 5.82 Å². The minimum atomic E-state index is -3.28. The van der Waals surface area contributed by atoms with Crippen LogP contribution in [0.15, 0.2) is 84.9 Å². The lowest BCUT2D eigenvalue weighted by molar-refractivity contribution is -0.107. The number of benzene rings is 3. The minimum Gasteiger partial charge on any atom is -0.305 e. The number of nitrogens with zero attached hydrogens (tertiary/aromatic N) is 2. The van der Waals surface area contributed by atoms with Gasteiger partial charge in [0.1, 0.15) is 12.1 Å². The van der Waals surface area contributed by atoms with Crippen LogP contribution >= 0.6 is 7.44 Å². The van der Waals surface area contributed by atoms with Gasteiger partial charge in [-0.3, -0.25) is 4.57 Å². The van der Waals surface area contributed by atoms with Crippen LogP contribution in [0.2, 0.25) is 0 Å². The minimum absolute atomic E-state index is 0.0928. The molecule has 0 saturated carbocycles. The highest BCUT2D eigenvalue weighted by Gasteiger charge is 2.49. The highest BCUT2D eigenvalue weighted by Crippen LogP contribution is 2.69. The lowest BCUT2D eigenvalue weighted by Crippen LogP contribution is -2.24. The molecular formula is C23H22FN2O2P. The first-order valence-corrected chi connectivity index (χ1v) is 11.3. The van der Waals surface area contributed by atoms with Crippen LogP contribution in [0.25, 0.3) is 0 Å². The molecule has 1 aliphatic heterocycles. The third-order valence-electron chi connectivity index (χ3n) is 5.30. The van der Waals surface area contributed by atoms with Gasteiger partial charge >= 0.3 is 0 Å². The Hall–Kier alpha value is -2.91. The van der Waals surface area contributed by atoms with Crippen molar-refractivity contribution in [2.24, 2.45) is 0 Å². The van der Waals surface area contributed by atoms with Crippen LogP contribution in [-0.4, -0.2) is 19.4 Å². The molecule has 148 valence electrons. The first-order chi connectivity index (χ1) is 14.1. The zero-order valence-electron chi connectivity index (χ0n) is 15.9. The van der Waals surface area contributed by atoms with E-state index in [1.54, 1.807) is 12.1 Å². The first-order valence-electron chi connectivity index (χ1n) is 9.59. The molecule has 0 amide bonds. The number of carbonyl (C=O) groups is 1. The summed E-state index contributed by atoms with van der Waals surface area (Å²) in [4.78, 5) is 11.6. The average molecular weight is 408 g/mol. The van der Waals surface area contributed by atoms with E-state index in [9.17, 15) is 13.8 Å². The summed E-state index contributed by atoms with van der Waals surface area (Å²) in [6.07, 6.45) is 0.897. The van der Waals surface area contributed by atoms with Crippen LogP contribution in [0.1, 0.15) is 17.6 Å². The van der Waals surface area contributed by atoms with Gasteiger partial charge in [-0.05, 0) is 42.0 Å². The fourth-order valence-corrected chi connectivity index (χ4v) is 7.51. The molecule has 0 bridgehead atoms. The summed E-state index contributed by atoms with van der Waals surface area (Å²) in [5.74, 6) is -0.358. The Bertz CT molecular complexity index is 961. The third kappa shape index (κ3) is 3.58. The summed E-state index contributed by atoms with van der Waals surface area (Å²) in [5, 5.41) is 0. The molecule has 1 saturated heterocycles. The summed E-state index contributed by atoms with van der Waals surface area (Å²) < 4.78 is 32.2. The fraction of sp³-hybridized carbons (Fsp3) is 0.174. The summed E-state index contributed by atoms with van der Waals surface area (Å²) in [6.45, 7) is 1.15. The van der Waals surface area contributed by atoms with E-state index in [0.29, 0.717) is 18.7 Å². The molecule has 0 aliphatic carbocycles. The molecule has 1 atom stereocenters. The van der Waals surface area contributed by atoms with Gasteiger partial charge in [-0.2, -0.15) is 0 Å². The van der Waals surface area contributed by atoms with Gasteiger partial charge in [0, 0.05) is 30.9 Å². The fourth-order valence-electron chi connectivity index (χ4n) is 3.98. The maximum Gasteiger partial charge on any atom is 0.270 e. The molecule has 1 heterocycles. The van der Waals surface area contributed by atoms with E-state index < -0.39 is 13.1 Å². The van der Waals surface area contributed by atoms with E-state index in [0.717, 1.165) is 17.7 Å². The Morgan fingerprint density at radius 1 is 0.828 bits per heavy atom. The predicted molar refractivity (Wildman–Crippen MR) is 115 cm³/mol. The highest BCUT2D eigenvalue weighted by molar-refractivity contribution is 7.68. The summed E-state index contributed by atoms with van der Waals surface area (Å²) in [7, 11) is -3.28. The number of hydrogen-bond acceptors (Lipinski definition) is 2. The zero-order valence-corrected chi connectivity index (χ0v) is 16.8. The quantitative estimate of drug-likeness (QED) is 0.389. The molecule has 0 spiro atoms. The monoisotopic (exact) mass is 408 g/mol. The Labute approximate surface area is 170 Å². The van der Waals surface area contributed by atoms with Crippen molar-refractivity contribution < 1.29 is 13.8 Å². The SMILES string of the molecule is O=CCC(c1ccc(F)cc1)P1(=O)N(c2ccccc2)CCN1c1ccccc1. The summed E-state index contributed by atoms with van der Waals surface area (Å²) >= 11 is 0. The topological polar surface area (TPSA) is 40.6 Å². The van der Waals surface area contributed by atoms with Crippen LogP contribution in [-0.2, 0) is 9.36 Å². The predicted octanol–water partition coefficient (Wildman–Crippen LogP) is 5.68. The number of aldehydes is 1. The van der Waals surface area contributed by atoms with Gasteiger partial charge in [-0.1, -0.05) is 48.5 Å². The molecule has 4 nitrogen and oxygen atoms in total. The van der Waals surface area contributed by atoms with E-state index in [1.165, 1.54) is 12.1 Å². The zero-order chi connectivity index (χ0) is 20.3. The number of anilines is 2. The van der Waals surface area contributed by atoms with Crippen LogP contribution in [0.3, 0.4) is 0 Å². The number of rotatable bonds is 6. The third-order valence-corrected chi connectivity index (χ3v) is 8.87. The second-order valence-electron chi connectivity index (χ2n) is 6.98. The van der Waals surface area contributed by atoms with Gasteiger partial charge in [0.25, 0.3) is 7.44 Å². The van der Waals surface area contributed by atoms with Gasteiger partial charge in [-0.25, -0.2) is 4.39 Å². The summed E-state index contributed by atoms with van der Waals surface area (Å²) in [5.41, 5.74) is 1.84. The molecule has 1 fully saturated rings.